The first kappa shape index (κ1) is 56.6. The van der Waals surface area contributed by atoms with Crippen molar-refractivity contribution >= 4 is 59.5 Å². The lowest BCUT2D eigenvalue weighted by Gasteiger charge is -2.12. The van der Waals surface area contributed by atoms with Gasteiger partial charge in [0.2, 0.25) is 5.91 Å². The fourth-order valence-electron chi connectivity index (χ4n) is 3.27. The average molecular weight is 762 g/mol. The Balaban J connectivity index is -0.000000191. The molecule has 2 heterocycles. The minimum Gasteiger partial charge on any atom is -0.481 e. The lowest BCUT2D eigenvalue weighted by atomic mass is 10.2. The van der Waals surface area contributed by atoms with Crippen molar-refractivity contribution in [1.82, 2.24) is 10.2 Å². The van der Waals surface area contributed by atoms with E-state index in [0.29, 0.717) is 51.7 Å². The molecular formula is C34H55N3O16. The van der Waals surface area contributed by atoms with Gasteiger partial charge in [0.05, 0.1) is 0 Å². The number of nitrogens with one attached hydrogen (secondary N) is 1. The third-order valence-electron chi connectivity index (χ3n) is 5.57. The van der Waals surface area contributed by atoms with Crippen LogP contribution < -0.4 is 11.1 Å². The van der Waals surface area contributed by atoms with Crippen molar-refractivity contribution < 1.29 is 78.2 Å². The molecule has 0 aromatic heterocycles. The number of ether oxygens (including phenoxy) is 1. The van der Waals surface area contributed by atoms with E-state index in [-0.39, 0.29) is 45.9 Å². The molecule has 2 aliphatic heterocycles. The number of aliphatic carboxylic acids is 5. The van der Waals surface area contributed by atoms with E-state index in [1.807, 2.05) is 0 Å². The fraction of sp³-hybridized carbons (Fsp3) is 0.529. The molecule has 3 amide bonds. The van der Waals surface area contributed by atoms with Gasteiger partial charge in [-0.2, -0.15) is 0 Å². The molecule has 0 spiro atoms. The van der Waals surface area contributed by atoms with Crippen LogP contribution in [0.1, 0.15) is 98.8 Å². The van der Waals surface area contributed by atoms with Gasteiger partial charge in [0.25, 0.3) is 17.8 Å². The molecule has 0 saturated heterocycles. The van der Waals surface area contributed by atoms with Gasteiger partial charge in [0.1, 0.15) is 0 Å². The third-order valence-corrected chi connectivity index (χ3v) is 5.57. The number of rotatable bonds is 19. The Kier molecular flexibility index (Phi) is 40.1. The highest BCUT2D eigenvalue weighted by Crippen LogP contribution is 2.07. The summed E-state index contributed by atoms with van der Waals surface area (Å²) in [6, 6.07) is 0. The molecule has 0 unspecified atom stereocenters. The number of carboxylic acids is 5. The van der Waals surface area contributed by atoms with Crippen LogP contribution >= 0.6 is 0 Å². The normalized spacial score (nSPS) is 11.8. The van der Waals surface area contributed by atoms with Gasteiger partial charge in [-0.1, -0.05) is 34.1 Å². The maximum absolute atomic E-state index is 11.1. The van der Waals surface area contributed by atoms with Crippen LogP contribution in [0.3, 0.4) is 0 Å². The molecular weight excluding hydrogens is 706 g/mol. The van der Waals surface area contributed by atoms with Crippen molar-refractivity contribution in [3.05, 3.63) is 36.5 Å². The molecule has 0 aromatic carbocycles. The van der Waals surface area contributed by atoms with Crippen LogP contribution in [0, 0.1) is 0 Å². The topological polar surface area (TPSA) is 322 Å². The molecule has 0 aromatic rings. The van der Waals surface area contributed by atoms with Gasteiger partial charge in [-0.25, -0.2) is 14.4 Å². The van der Waals surface area contributed by atoms with Crippen LogP contribution in [0.5, 0.6) is 0 Å². The molecule has 19 heteroatoms. The van der Waals surface area contributed by atoms with Gasteiger partial charge in [0, 0.05) is 75.7 Å². The molecule has 0 bridgehead atoms. The van der Waals surface area contributed by atoms with E-state index in [2.05, 4.69) is 10.1 Å². The summed E-state index contributed by atoms with van der Waals surface area (Å²) in [5, 5.41) is 43.0. The Morgan fingerprint density at radius 1 is 0.642 bits per heavy atom. The molecule has 0 aliphatic carbocycles. The van der Waals surface area contributed by atoms with Crippen LogP contribution in [0.2, 0.25) is 0 Å². The van der Waals surface area contributed by atoms with Crippen LogP contribution in [-0.2, 0) is 52.7 Å². The largest absolute Gasteiger partial charge is 0.481 e. The van der Waals surface area contributed by atoms with Crippen molar-refractivity contribution in [1.29, 1.82) is 0 Å². The van der Waals surface area contributed by atoms with E-state index in [1.54, 1.807) is 0 Å². The van der Waals surface area contributed by atoms with E-state index in [0.717, 1.165) is 56.9 Å². The van der Waals surface area contributed by atoms with Crippen molar-refractivity contribution in [2.24, 2.45) is 5.73 Å². The highest BCUT2D eigenvalue weighted by atomic mass is 16.6. The quantitative estimate of drug-likeness (QED) is 0.0327. The number of carbonyl (C=O) groups is 10. The van der Waals surface area contributed by atoms with Gasteiger partial charge in [-0.3, -0.25) is 38.5 Å². The number of carbonyl (C=O) groups excluding carboxylic acids is 5. The summed E-state index contributed by atoms with van der Waals surface area (Å²) in [5.41, 5.74) is 5.20. The standard InChI is InChI=1S/C10H15NO5.C10H13NO4.C6H13NO2.C4H2O3.C2H4O2.2CH4/c12-8(5-6-10(15)16)11-7-3-1-2-4-9(13)14;12-8-5-6-9(13)11(8)7-3-1-2-4-10(14)15;7-5-3-1-2-4-6(8)9;5-3-1-2-4(6)7-3;1-2(3)4;;/h5-6H,1-4,7H2,(H,11,12)(H,13,14)(H,15,16);5-6H,1-4,7H2,(H,14,15);1-5,7H2,(H,8,9);1-2H;1H3,(H,3,4);2*1H4/b6-5-;;;;;;. The summed E-state index contributed by atoms with van der Waals surface area (Å²) >= 11 is 0. The summed E-state index contributed by atoms with van der Waals surface area (Å²) in [7, 11) is 0. The van der Waals surface area contributed by atoms with Crippen molar-refractivity contribution in [3.8, 4) is 0 Å². The summed E-state index contributed by atoms with van der Waals surface area (Å²) in [5.74, 6) is -6.53. The lowest BCUT2D eigenvalue weighted by molar-refractivity contribution is -0.150. The first-order valence-electron chi connectivity index (χ1n) is 15.6. The molecule has 0 saturated carbocycles. The van der Waals surface area contributed by atoms with Crippen LogP contribution in [0.15, 0.2) is 36.5 Å². The van der Waals surface area contributed by atoms with Crippen LogP contribution in [-0.4, -0.2) is 110 Å². The van der Waals surface area contributed by atoms with Crippen molar-refractivity contribution in [2.45, 2.75) is 98.8 Å². The first-order valence-corrected chi connectivity index (χ1v) is 15.6. The van der Waals surface area contributed by atoms with Gasteiger partial charge >= 0.3 is 35.8 Å². The van der Waals surface area contributed by atoms with E-state index >= 15 is 0 Å². The average Bonchev–Trinajstić information content (AvgIpc) is 3.57. The number of imide groups is 1. The minimum absolute atomic E-state index is 0. The molecule has 2 rings (SSSR count). The zero-order valence-corrected chi connectivity index (χ0v) is 28.3. The molecule has 8 N–H and O–H groups in total. The number of hydrogen-bond acceptors (Lipinski definition) is 12. The van der Waals surface area contributed by atoms with Gasteiger partial charge < -0.3 is 41.3 Å². The zero-order valence-electron chi connectivity index (χ0n) is 28.3. The number of nitrogens with two attached hydrogens (primary N) is 1. The summed E-state index contributed by atoms with van der Waals surface area (Å²) < 4.78 is 3.97. The van der Waals surface area contributed by atoms with Gasteiger partial charge in [0.15, 0.2) is 0 Å². The molecule has 53 heavy (non-hydrogen) atoms. The number of amides is 3. The second-order valence-corrected chi connectivity index (χ2v) is 10.1. The smallest absolute Gasteiger partial charge is 0.338 e. The number of esters is 2. The predicted molar refractivity (Wildman–Crippen MR) is 190 cm³/mol. The second kappa shape index (κ2) is 37.5. The number of cyclic esters (lactones) is 2. The summed E-state index contributed by atoms with van der Waals surface area (Å²) in [4.78, 5) is 103. The zero-order chi connectivity index (χ0) is 39.6. The van der Waals surface area contributed by atoms with E-state index < -0.39 is 47.7 Å². The van der Waals surface area contributed by atoms with Crippen molar-refractivity contribution in [2.75, 3.05) is 19.6 Å². The Hall–Kier alpha value is -5.72. The van der Waals surface area contributed by atoms with E-state index in [4.69, 9.17) is 36.1 Å². The Bertz CT molecular complexity index is 1220. The maximum Gasteiger partial charge on any atom is 0.338 e. The lowest BCUT2D eigenvalue weighted by Crippen LogP contribution is -2.30. The molecule has 0 atom stereocenters. The Morgan fingerprint density at radius 2 is 1.04 bits per heavy atom. The molecule has 0 fully saturated rings. The maximum atomic E-state index is 11.1. The fourth-order valence-corrected chi connectivity index (χ4v) is 3.27. The number of carboxylic acid groups (broad SMARTS) is 5. The molecule has 302 valence electrons. The summed E-state index contributed by atoms with van der Waals surface area (Å²) in [6.45, 7) is 2.55. The van der Waals surface area contributed by atoms with Gasteiger partial charge in [-0.15, -0.1) is 0 Å². The molecule has 2 aliphatic rings. The summed E-state index contributed by atoms with van der Waals surface area (Å²) in [6.07, 6.45) is 13.5. The van der Waals surface area contributed by atoms with E-state index in [9.17, 15) is 43.2 Å². The Labute approximate surface area is 308 Å². The number of nitrogens with zero attached hydrogens (tertiary/aromatic N) is 1. The van der Waals surface area contributed by atoms with Crippen LogP contribution in [0.25, 0.3) is 0 Å². The SMILES string of the molecule is C.C.CC(=O)O.NCCCCCC(=O)O.O=C(O)/C=C\C(=O)NCCCCCC(=O)O.O=C(O)CCCCCN1C(=O)C=CC1=O.O=C1C=CC(=O)O1. The number of hydrogen-bond donors (Lipinski definition) is 7. The van der Waals surface area contributed by atoms with E-state index in [1.165, 1.54) is 17.1 Å². The predicted octanol–water partition coefficient (Wildman–Crippen LogP) is 2.52. The second-order valence-electron chi connectivity index (χ2n) is 10.1. The van der Waals surface area contributed by atoms with Crippen LogP contribution in [0.4, 0.5) is 0 Å². The van der Waals surface area contributed by atoms with Gasteiger partial charge in [-0.05, 0) is 45.1 Å². The molecule has 19 nitrogen and oxygen atoms in total. The number of unbranched alkanes of at least 4 members (excludes halogenated alkanes) is 6. The highest BCUT2D eigenvalue weighted by molar-refractivity contribution is 6.12. The third kappa shape index (κ3) is 46.3. The Morgan fingerprint density at radius 3 is 1.38 bits per heavy atom. The van der Waals surface area contributed by atoms with Crippen molar-refractivity contribution in [3.63, 3.8) is 0 Å². The molecule has 0 radical (unpaired) electrons. The first-order chi connectivity index (χ1) is 23.9. The highest BCUT2D eigenvalue weighted by Gasteiger charge is 2.22. The monoisotopic (exact) mass is 761 g/mol. The minimum atomic E-state index is -1.17.